The molecule has 3 nitrogen and oxygen atoms in total. The molecule has 2 aliphatic rings. The Balaban J connectivity index is 1.39. The quantitative estimate of drug-likeness (QED) is 0.168. The summed E-state index contributed by atoms with van der Waals surface area (Å²) in [5.41, 5.74) is 4.71. The molecule has 0 amide bonds. The Hall–Kier alpha value is -1.99. The average Bonchev–Trinajstić information content (AvgIpc) is 3.62. The van der Waals surface area contributed by atoms with Crippen LogP contribution in [0.25, 0.3) is 20.9 Å². The summed E-state index contributed by atoms with van der Waals surface area (Å²) >= 11 is 16.0. The Kier molecular flexibility index (Phi) is 10.6. The first-order chi connectivity index (χ1) is 21.4. The molecule has 2 aromatic heterocycles. The second kappa shape index (κ2) is 14.6. The molecule has 0 bridgehead atoms. The summed E-state index contributed by atoms with van der Waals surface area (Å²) in [4.78, 5) is 25.2. The molecule has 2 aliphatic heterocycles. The maximum atomic E-state index is 15.2. The van der Waals surface area contributed by atoms with Gasteiger partial charge in [-0.2, -0.15) is 0 Å². The zero-order valence-electron chi connectivity index (χ0n) is 25.8. The number of thiophene rings is 2. The van der Waals surface area contributed by atoms with Gasteiger partial charge in [0.05, 0.1) is 11.8 Å². The van der Waals surface area contributed by atoms with Gasteiger partial charge in [0.15, 0.2) is 0 Å². The molecular weight excluding hydrogens is 623 g/mol. The lowest BCUT2D eigenvalue weighted by Crippen LogP contribution is -2.40. The molecule has 2 aromatic carbocycles. The number of hydrogen-bond acceptors (Lipinski definition) is 5. The van der Waals surface area contributed by atoms with Crippen molar-refractivity contribution in [2.75, 3.05) is 39.3 Å². The van der Waals surface area contributed by atoms with Crippen LogP contribution < -0.4 is 0 Å². The van der Waals surface area contributed by atoms with Gasteiger partial charge in [0.1, 0.15) is 5.78 Å². The van der Waals surface area contributed by atoms with Gasteiger partial charge in [-0.15, -0.1) is 22.7 Å². The standard InChI is InChI=1S/C37H42Cl2N2OS2/c1-25-31(21-35(43-25)27-9-13-29(38)14-10-27)33(23-40-17-5-3-6-18-40)37(42)34(24-41-19-7-4-8-20-41)32-22-36(44-26(32)2)28-11-15-30(39)16-12-28/h9-16,21-22,33-34H,3-8,17-20,23-24H2,1-2H3. The predicted molar refractivity (Wildman–Crippen MR) is 190 cm³/mol. The maximum Gasteiger partial charge on any atom is 0.150 e. The lowest BCUT2D eigenvalue weighted by atomic mass is 9.82. The number of likely N-dealkylation sites (tertiary alicyclic amines) is 2. The first-order valence-corrected chi connectivity index (χ1v) is 18.5. The third-order valence-corrected chi connectivity index (χ3v) is 12.1. The Labute approximate surface area is 280 Å². The van der Waals surface area contributed by atoms with Crippen molar-refractivity contribution in [1.82, 2.24) is 9.80 Å². The summed E-state index contributed by atoms with van der Waals surface area (Å²) in [5, 5.41) is 1.48. The van der Waals surface area contributed by atoms with Crippen LogP contribution in [0.15, 0.2) is 60.7 Å². The normalized spacial score (nSPS) is 17.9. The van der Waals surface area contributed by atoms with E-state index in [4.69, 9.17) is 23.2 Å². The number of rotatable bonds is 10. The van der Waals surface area contributed by atoms with Gasteiger partial charge in [-0.1, -0.05) is 60.3 Å². The van der Waals surface area contributed by atoms with Crippen molar-refractivity contribution in [1.29, 1.82) is 0 Å². The van der Waals surface area contributed by atoms with Crippen molar-refractivity contribution in [2.24, 2.45) is 0 Å². The highest BCUT2D eigenvalue weighted by Gasteiger charge is 2.35. The number of benzene rings is 2. The molecule has 2 saturated heterocycles. The molecular formula is C37H42Cl2N2OS2. The van der Waals surface area contributed by atoms with Crippen LogP contribution in [0.4, 0.5) is 0 Å². The first kappa shape index (κ1) is 32.0. The molecule has 232 valence electrons. The van der Waals surface area contributed by atoms with E-state index in [0.717, 1.165) is 60.4 Å². The number of nitrogens with zero attached hydrogens (tertiary/aromatic N) is 2. The van der Waals surface area contributed by atoms with E-state index in [9.17, 15) is 0 Å². The van der Waals surface area contributed by atoms with E-state index in [1.54, 1.807) is 22.7 Å². The molecule has 2 fully saturated rings. The summed E-state index contributed by atoms with van der Waals surface area (Å²) in [7, 11) is 0. The number of ketones is 1. The number of halogens is 2. The maximum absolute atomic E-state index is 15.2. The first-order valence-electron chi connectivity index (χ1n) is 16.1. The number of hydrogen-bond donors (Lipinski definition) is 0. The lowest BCUT2D eigenvalue weighted by molar-refractivity contribution is -0.123. The smallest absolute Gasteiger partial charge is 0.150 e. The third-order valence-electron chi connectivity index (χ3n) is 9.39. The van der Waals surface area contributed by atoms with E-state index in [0.29, 0.717) is 5.78 Å². The Morgan fingerprint density at radius 2 is 1.00 bits per heavy atom. The number of piperidine rings is 2. The fraction of sp³-hybridized carbons (Fsp3) is 0.432. The van der Waals surface area contributed by atoms with Crippen LogP contribution in [0.3, 0.4) is 0 Å². The molecule has 0 spiro atoms. The van der Waals surface area contributed by atoms with Gasteiger partial charge >= 0.3 is 0 Å². The predicted octanol–water partition coefficient (Wildman–Crippen LogP) is 10.5. The van der Waals surface area contributed by atoms with Crippen molar-refractivity contribution < 1.29 is 4.79 Å². The second-order valence-corrected chi connectivity index (χ2v) is 15.9. The summed E-state index contributed by atoms with van der Waals surface area (Å²) < 4.78 is 0. The highest BCUT2D eigenvalue weighted by atomic mass is 35.5. The van der Waals surface area contributed by atoms with Crippen molar-refractivity contribution in [3.63, 3.8) is 0 Å². The van der Waals surface area contributed by atoms with Gasteiger partial charge < -0.3 is 9.80 Å². The van der Waals surface area contributed by atoms with Crippen LogP contribution >= 0.6 is 45.9 Å². The van der Waals surface area contributed by atoms with Crippen LogP contribution in [0.1, 0.15) is 71.2 Å². The summed E-state index contributed by atoms with van der Waals surface area (Å²) in [6, 6.07) is 20.8. The van der Waals surface area contributed by atoms with E-state index < -0.39 is 0 Å². The van der Waals surface area contributed by atoms with Crippen LogP contribution in [0.2, 0.25) is 10.0 Å². The van der Waals surface area contributed by atoms with E-state index in [1.165, 1.54) is 69.2 Å². The van der Waals surface area contributed by atoms with Gasteiger partial charge in [-0.05, 0) is 124 Å². The zero-order valence-corrected chi connectivity index (χ0v) is 28.9. The minimum Gasteiger partial charge on any atom is -0.302 e. The van der Waals surface area contributed by atoms with Crippen LogP contribution in [0, 0.1) is 13.8 Å². The summed E-state index contributed by atoms with van der Waals surface area (Å²) in [5.74, 6) is 0.0326. The molecule has 0 saturated carbocycles. The fourth-order valence-electron chi connectivity index (χ4n) is 6.92. The SMILES string of the molecule is Cc1sc(-c2ccc(Cl)cc2)cc1C(CN1CCCCC1)C(=O)C(CN1CCCCC1)c1cc(-c2ccc(Cl)cc2)sc1C. The van der Waals surface area contributed by atoms with Gasteiger partial charge in [0.25, 0.3) is 0 Å². The molecule has 0 aliphatic carbocycles. The number of aryl methyl sites for hydroxylation is 2. The lowest BCUT2D eigenvalue weighted by Gasteiger charge is -2.34. The van der Waals surface area contributed by atoms with Gasteiger partial charge in [0.2, 0.25) is 0 Å². The minimum atomic E-state index is -0.168. The van der Waals surface area contributed by atoms with Crippen LogP contribution in [0.5, 0.6) is 0 Å². The van der Waals surface area contributed by atoms with E-state index >= 15 is 4.79 Å². The molecule has 0 N–H and O–H groups in total. The van der Waals surface area contributed by atoms with Gasteiger partial charge in [-0.3, -0.25) is 4.79 Å². The number of carbonyl (C=O) groups excluding carboxylic acids is 1. The van der Waals surface area contributed by atoms with E-state index in [1.807, 2.05) is 24.3 Å². The van der Waals surface area contributed by atoms with E-state index in [2.05, 4.69) is 60.0 Å². The van der Waals surface area contributed by atoms with Crippen molar-refractivity contribution >= 4 is 51.7 Å². The third kappa shape index (κ3) is 7.52. The van der Waals surface area contributed by atoms with Gasteiger partial charge in [-0.25, -0.2) is 0 Å². The minimum absolute atomic E-state index is 0.168. The molecule has 2 atom stereocenters. The molecule has 2 unspecified atom stereocenters. The Morgan fingerprint density at radius 1 is 0.636 bits per heavy atom. The second-order valence-electron chi connectivity index (χ2n) is 12.5. The van der Waals surface area contributed by atoms with Crippen molar-refractivity contribution in [2.45, 2.75) is 64.2 Å². The number of Topliss-reactive ketones (excluding diaryl/α,β-unsaturated/α-hetero) is 1. The Bertz CT molecular complexity index is 1430. The molecule has 0 radical (unpaired) electrons. The molecule has 4 aromatic rings. The topological polar surface area (TPSA) is 23.6 Å². The van der Waals surface area contributed by atoms with Crippen LogP contribution in [-0.2, 0) is 4.79 Å². The van der Waals surface area contributed by atoms with Gasteiger partial charge in [0, 0.05) is 42.6 Å². The highest BCUT2D eigenvalue weighted by Crippen LogP contribution is 2.41. The van der Waals surface area contributed by atoms with E-state index in [-0.39, 0.29) is 11.8 Å². The average molecular weight is 666 g/mol. The fourth-order valence-corrected chi connectivity index (χ4v) is 9.35. The van der Waals surface area contributed by atoms with Crippen molar-refractivity contribution in [3.8, 4) is 20.9 Å². The zero-order chi connectivity index (χ0) is 30.6. The van der Waals surface area contributed by atoms with Crippen molar-refractivity contribution in [3.05, 3.63) is 91.6 Å². The molecule has 6 rings (SSSR count). The number of carbonyl (C=O) groups is 1. The highest BCUT2D eigenvalue weighted by molar-refractivity contribution is 7.16. The Morgan fingerprint density at radius 3 is 1.36 bits per heavy atom. The molecule has 44 heavy (non-hydrogen) atoms. The summed E-state index contributed by atoms with van der Waals surface area (Å²) in [6.45, 7) is 10.3. The monoisotopic (exact) mass is 664 g/mol. The largest absolute Gasteiger partial charge is 0.302 e. The van der Waals surface area contributed by atoms with Crippen LogP contribution in [-0.4, -0.2) is 54.9 Å². The molecule has 4 heterocycles. The molecule has 7 heteroatoms. The summed E-state index contributed by atoms with van der Waals surface area (Å²) in [6.07, 6.45) is 7.42.